The van der Waals surface area contributed by atoms with E-state index < -0.39 is 0 Å². The molecule has 1 unspecified atom stereocenters. The molecular formula is C12H18ClN3O. The highest BCUT2D eigenvalue weighted by Gasteiger charge is 2.18. The molecule has 0 aliphatic heterocycles. The van der Waals surface area contributed by atoms with Gasteiger partial charge in [0.1, 0.15) is 0 Å². The summed E-state index contributed by atoms with van der Waals surface area (Å²) in [6.45, 7) is 7.63. The first-order chi connectivity index (χ1) is 7.95. The smallest absolute Gasteiger partial charge is 0.253 e. The minimum absolute atomic E-state index is 0.0305. The SMILES string of the molecule is Cc1cc(C(=O)NC(CCl)C(C)C)c(C)nn1. The Morgan fingerprint density at radius 1 is 1.41 bits per heavy atom. The predicted octanol–water partition coefficient (Wildman–Crippen LogP) is 2.09. The molecule has 0 aliphatic carbocycles. The summed E-state index contributed by atoms with van der Waals surface area (Å²) in [5.41, 5.74) is 1.92. The first kappa shape index (κ1) is 13.9. The maximum atomic E-state index is 12.1. The first-order valence-electron chi connectivity index (χ1n) is 5.63. The molecule has 1 aromatic rings. The molecule has 1 amide bonds. The molecule has 0 saturated heterocycles. The maximum absolute atomic E-state index is 12.1. The Hall–Kier alpha value is -1.16. The van der Waals surface area contributed by atoms with Crippen LogP contribution in [0, 0.1) is 19.8 Å². The van der Waals surface area contributed by atoms with Gasteiger partial charge in [0.05, 0.1) is 17.0 Å². The van der Waals surface area contributed by atoms with Crippen molar-refractivity contribution < 1.29 is 4.79 Å². The molecule has 0 spiro atoms. The first-order valence-corrected chi connectivity index (χ1v) is 6.17. The Labute approximate surface area is 107 Å². The van der Waals surface area contributed by atoms with Crippen molar-refractivity contribution in [3.63, 3.8) is 0 Å². The molecule has 0 radical (unpaired) electrons. The minimum Gasteiger partial charge on any atom is -0.348 e. The second-order valence-electron chi connectivity index (χ2n) is 4.46. The Morgan fingerprint density at radius 2 is 2.06 bits per heavy atom. The Morgan fingerprint density at radius 3 is 2.59 bits per heavy atom. The summed E-state index contributed by atoms with van der Waals surface area (Å²) in [5.74, 6) is 0.562. The molecule has 0 saturated carbocycles. The molecule has 1 N–H and O–H groups in total. The number of carbonyl (C=O) groups excluding carboxylic acids is 1. The van der Waals surface area contributed by atoms with E-state index in [9.17, 15) is 4.79 Å². The third kappa shape index (κ3) is 3.66. The molecule has 0 aromatic carbocycles. The van der Waals surface area contributed by atoms with Crippen molar-refractivity contribution >= 4 is 17.5 Å². The average Bonchev–Trinajstić information content (AvgIpc) is 2.28. The number of amides is 1. The normalized spacial score (nSPS) is 12.6. The summed E-state index contributed by atoms with van der Waals surface area (Å²) < 4.78 is 0. The van der Waals surface area contributed by atoms with Crippen molar-refractivity contribution in [2.75, 3.05) is 5.88 Å². The van der Waals surface area contributed by atoms with Crippen LogP contribution in [-0.2, 0) is 0 Å². The zero-order valence-electron chi connectivity index (χ0n) is 10.6. The van der Waals surface area contributed by atoms with Gasteiger partial charge in [-0.1, -0.05) is 13.8 Å². The molecule has 0 fully saturated rings. The van der Waals surface area contributed by atoms with E-state index in [1.807, 2.05) is 20.8 Å². The molecule has 0 aliphatic rings. The number of nitrogens with zero attached hydrogens (tertiary/aromatic N) is 2. The van der Waals surface area contributed by atoms with Gasteiger partial charge in [0.15, 0.2) is 0 Å². The number of aromatic nitrogens is 2. The molecule has 5 heteroatoms. The number of hydrogen-bond acceptors (Lipinski definition) is 3. The summed E-state index contributed by atoms with van der Waals surface area (Å²) in [4.78, 5) is 12.1. The van der Waals surface area contributed by atoms with Gasteiger partial charge in [-0.15, -0.1) is 11.6 Å². The van der Waals surface area contributed by atoms with Crippen LogP contribution in [0.2, 0.25) is 0 Å². The van der Waals surface area contributed by atoms with Gasteiger partial charge < -0.3 is 5.32 Å². The van der Waals surface area contributed by atoms with Gasteiger partial charge in [-0.25, -0.2) is 0 Å². The van der Waals surface area contributed by atoms with Crippen molar-refractivity contribution in [1.29, 1.82) is 0 Å². The minimum atomic E-state index is -0.139. The number of rotatable bonds is 4. The fraction of sp³-hybridized carbons (Fsp3) is 0.583. The lowest BCUT2D eigenvalue weighted by atomic mass is 10.1. The van der Waals surface area contributed by atoms with E-state index in [1.165, 1.54) is 0 Å². The van der Waals surface area contributed by atoms with Crippen LogP contribution in [0.25, 0.3) is 0 Å². The molecule has 17 heavy (non-hydrogen) atoms. The molecule has 1 rings (SSSR count). The van der Waals surface area contributed by atoms with Gasteiger partial charge in [-0.2, -0.15) is 10.2 Å². The van der Waals surface area contributed by atoms with Crippen molar-refractivity contribution in [2.45, 2.75) is 33.7 Å². The third-order valence-electron chi connectivity index (χ3n) is 2.63. The van der Waals surface area contributed by atoms with Gasteiger partial charge in [-0.3, -0.25) is 4.79 Å². The van der Waals surface area contributed by atoms with Gasteiger partial charge in [0.2, 0.25) is 0 Å². The van der Waals surface area contributed by atoms with Crippen LogP contribution in [0.5, 0.6) is 0 Å². The van der Waals surface area contributed by atoms with E-state index in [0.717, 1.165) is 5.69 Å². The largest absolute Gasteiger partial charge is 0.348 e. The van der Waals surface area contributed by atoms with E-state index in [0.29, 0.717) is 23.1 Å². The van der Waals surface area contributed by atoms with Crippen molar-refractivity contribution in [1.82, 2.24) is 15.5 Å². The van der Waals surface area contributed by atoms with Crippen LogP contribution in [-0.4, -0.2) is 28.0 Å². The van der Waals surface area contributed by atoms with E-state index in [4.69, 9.17) is 11.6 Å². The number of carbonyl (C=O) groups is 1. The molecule has 0 bridgehead atoms. The fourth-order valence-corrected chi connectivity index (χ4v) is 1.84. The number of halogens is 1. The van der Waals surface area contributed by atoms with Crippen molar-refractivity contribution in [3.05, 3.63) is 23.0 Å². The molecule has 4 nitrogen and oxygen atoms in total. The van der Waals surface area contributed by atoms with Gasteiger partial charge in [0, 0.05) is 11.9 Å². The third-order valence-corrected chi connectivity index (χ3v) is 2.97. The number of alkyl halides is 1. The average molecular weight is 256 g/mol. The quantitative estimate of drug-likeness (QED) is 0.839. The molecule has 1 atom stereocenters. The van der Waals surface area contributed by atoms with Gasteiger partial charge in [0.25, 0.3) is 5.91 Å². The predicted molar refractivity (Wildman–Crippen MR) is 68.3 cm³/mol. The number of nitrogens with one attached hydrogen (secondary N) is 1. The van der Waals surface area contributed by atoms with Crippen LogP contribution in [0.1, 0.15) is 35.6 Å². The van der Waals surface area contributed by atoms with Crippen LogP contribution >= 0.6 is 11.6 Å². The summed E-state index contributed by atoms with van der Waals surface area (Å²) >= 11 is 5.82. The van der Waals surface area contributed by atoms with Crippen LogP contribution in [0.4, 0.5) is 0 Å². The van der Waals surface area contributed by atoms with E-state index >= 15 is 0 Å². The summed E-state index contributed by atoms with van der Waals surface area (Å²) in [6, 6.07) is 1.71. The molecule has 94 valence electrons. The topological polar surface area (TPSA) is 54.9 Å². The monoisotopic (exact) mass is 255 g/mol. The lowest BCUT2D eigenvalue weighted by Crippen LogP contribution is -2.40. The van der Waals surface area contributed by atoms with Crippen LogP contribution in [0.3, 0.4) is 0 Å². The standard InChI is InChI=1S/C12H18ClN3O/c1-7(2)11(6-13)14-12(17)10-5-8(3)15-16-9(10)4/h5,7,11H,6H2,1-4H3,(H,14,17). The van der Waals surface area contributed by atoms with Crippen molar-refractivity contribution in [2.24, 2.45) is 5.92 Å². The summed E-state index contributed by atoms with van der Waals surface area (Å²) in [5, 5.41) is 10.7. The summed E-state index contributed by atoms with van der Waals surface area (Å²) in [6.07, 6.45) is 0. The Kier molecular flexibility index (Phi) is 4.87. The lowest BCUT2D eigenvalue weighted by molar-refractivity contribution is 0.0929. The number of hydrogen-bond donors (Lipinski definition) is 1. The Bertz CT molecular complexity index is 407. The van der Waals surface area contributed by atoms with Gasteiger partial charge >= 0.3 is 0 Å². The lowest BCUT2D eigenvalue weighted by Gasteiger charge is -2.20. The van der Waals surface area contributed by atoms with Crippen LogP contribution in [0.15, 0.2) is 6.07 Å². The van der Waals surface area contributed by atoms with Crippen molar-refractivity contribution in [3.8, 4) is 0 Å². The second-order valence-corrected chi connectivity index (χ2v) is 4.77. The van der Waals surface area contributed by atoms with E-state index in [-0.39, 0.29) is 11.9 Å². The molecule has 1 aromatic heterocycles. The number of aryl methyl sites for hydroxylation is 2. The van der Waals surface area contributed by atoms with E-state index in [1.54, 1.807) is 13.0 Å². The highest BCUT2D eigenvalue weighted by atomic mass is 35.5. The Balaban J connectivity index is 2.86. The fourth-order valence-electron chi connectivity index (χ4n) is 1.41. The van der Waals surface area contributed by atoms with Crippen LogP contribution < -0.4 is 5.32 Å². The zero-order chi connectivity index (χ0) is 13.0. The van der Waals surface area contributed by atoms with Gasteiger partial charge in [-0.05, 0) is 25.8 Å². The highest BCUT2D eigenvalue weighted by Crippen LogP contribution is 2.09. The maximum Gasteiger partial charge on any atom is 0.253 e. The highest BCUT2D eigenvalue weighted by molar-refractivity contribution is 6.18. The van der Waals surface area contributed by atoms with E-state index in [2.05, 4.69) is 15.5 Å². The zero-order valence-corrected chi connectivity index (χ0v) is 11.4. The molecule has 1 heterocycles. The summed E-state index contributed by atoms with van der Waals surface area (Å²) in [7, 11) is 0. The second kappa shape index (κ2) is 5.96. The molecular weight excluding hydrogens is 238 g/mol.